The van der Waals surface area contributed by atoms with Crippen molar-refractivity contribution in [3.63, 3.8) is 0 Å². The fourth-order valence-electron chi connectivity index (χ4n) is 7.06. The summed E-state index contributed by atoms with van der Waals surface area (Å²) in [4.78, 5) is 12.0. The molecule has 0 aromatic rings. The van der Waals surface area contributed by atoms with Gasteiger partial charge in [0, 0.05) is 31.1 Å². The molecule has 300 valence electrons. The first-order chi connectivity index (χ1) is 24.9. The molecule has 0 saturated carbocycles. The fraction of sp³-hybridized carbons (Fsp3) is 0.667. The van der Waals surface area contributed by atoms with E-state index in [0.717, 1.165) is 0 Å². The summed E-state index contributed by atoms with van der Waals surface area (Å²) in [5, 5.41) is 107. The van der Waals surface area contributed by atoms with E-state index >= 15 is 0 Å². The Labute approximate surface area is 311 Å². The lowest BCUT2D eigenvalue weighted by atomic mass is 9.82. The second-order valence-electron chi connectivity index (χ2n) is 14.7. The molecule has 0 radical (unpaired) electrons. The molecule has 2 unspecified atom stereocenters. The molecule has 3 heterocycles. The molecule has 14 nitrogen and oxygen atoms in total. The predicted octanol–water partition coefficient (Wildman–Crippen LogP) is 1.49. The number of allylic oxidation sites excluding steroid dienone is 10. The Morgan fingerprint density at radius 1 is 0.604 bits per heavy atom. The van der Waals surface area contributed by atoms with E-state index in [4.69, 9.17) is 14.2 Å². The molecule has 15 atom stereocenters. The van der Waals surface area contributed by atoms with E-state index in [9.17, 15) is 55.9 Å². The summed E-state index contributed by atoms with van der Waals surface area (Å²) in [5.74, 6) is -7.44. The van der Waals surface area contributed by atoms with Gasteiger partial charge in [-0.1, -0.05) is 86.8 Å². The number of ether oxygens (including phenoxy) is 3. The van der Waals surface area contributed by atoms with Crippen LogP contribution in [-0.2, 0) is 19.0 Å². The van der Waals surface area contributed by atoms with Crippen molar-refractivity contribution in [3.8, 4) is 0 Å². The summed E-state index contributed by atoms with van der Waals surface area (Å²) >= 11 is 0. The zero-order valence-electron chi connectivity index (χ0n) is 30.7. The first-order valence-electron chi connectivity index (χ1n) is 18.4. The Hall–Kier alpha value is -2.57. The summed E-state index contributed by atoms with van der Waals surface area (Å²) in [5.41, 5.74) is 0. The quantitative estimate of drug-likeness (QED) is 0.183. The van der Waals surface area contributed by atoms with E-state index in [-0.39, 0.29) is 50.4 Å². The lowest BCUT2D eigenvalue weighted by Gasteiger charge is -2.46. The molecule has 2 saturated heterocycles. The first kappa shape index (κ1) is 44.8. The number of rotatable bonds is 1. The van der Waals surface area contributed by atoms with E-state index < -0.39 is 97.5 Å². The highest BCUT2D eigenvalue weighted by molar-refractivity contribution is 5.71. The molecule has 0 amide bonds. The SMILES string of the molecule is C[C@H]1C=CC=CC=CC=CC=CC=C[C@H](O)CC2O[C@](O)(C[C@@H](O)[C@H](O)CC[C@@H](O)C[C@@H](O)C[C@@H](O)C[C@]3(O)OC1[C@H](C)[C@@H](C)O3)C[C@H](O)[C@H]2C(=O)O. The van der Waals surface area contributed by atoms with Gasteiger partial charge in [-0.3, -0.25) is 4.79 Å². The smallest absolute Gasteiger partial charge is 0.311 e. The first-order valence-corrected chi connectivity index (χ1v) is 18.4. The lowest BCUT2D eigenvalue weighted by Crippen LogP contribution is -2.56. The van der Waals surface area contributed by atoms with Gasteiger partial charge >= 0.3 is 5.97 Å². The van der Waals surface area contributed by atoms with Crippen molar-refractivity contribution in [3.05, 3.63) is 72.9 Å². The second-order valence-corrected chi connectivity index (χ2v) is 14.7. The van der Waals surface area contributed by atoms with Gasteiger partial charge in [-0.15, -0.1) is 0 Å². The molecule has 3 aliphatic heterocycles. The molecule has 0 aliphatic carbocycles. The monoisotopic (exact) mass is 752 g/mol. The minimum absolute atomic E-state index is 0.0795. The van der Waals surface area contributed by atoms with Crippen LogP contribution in [0, 0.1) is 17.8 Å². The number of hydrogen-bond acceptors (Lipinski definition) is 13. The number of aliphatic hydroxyl groups is 9. The highest BCUT2D eigenvalue weighted by Crippen LogP contribution is 2.38. The minimum Gasteiger partial charge on any atom is -0.481 e. The molecule has 14 heteroatoms. The lowest BCUT2D eigenvalue weighted by molar-refractivity contribution is -0.435. The van der Waals surface area contributed by atoms with Crippen LogP contribution in [0.2, 0.25) is 0 Å². The zero-order chi connectivity index (χ0) is 39.3. The Balaban J connectivity index is 1.77. The molecule has 0 aromatic heterocycles. The summed E-state index contributed by atoms with van der Waals surface area (Å²) in [6, 6.07) is 0. The molecule has 10 N–H and O–H groups in total. The van der Waals surface area contributed by atoms with E-state index in [2.05, 4.69) is 0 Å². The summed E-state index contributed by atoms with van der Waals surface area (Å²) in [6.45, 7) is 5.71. The van der Waals surface area contributed by atoms with Crippen LogP contribution in [0.5, 0.6) is 0 Å². The van der Waals surface area contributed by atoms with Crippen molar-refractivity contribution in [1.29, 1.82) is 0 Å². The van der Waals surface area contributed by atoms with Gasteiger partial charge in [-0.05, 0) is 32.6 Å². The van der Waals surface area contributed by atoms with Gasteiger partial charge in [0.25, 0.3) is 5.97 Å². The van der Waals surface area contributed by atoms with Crippen LogP contribution in [0.4, 0.5) is 0 Å². The zero-order valence-corrected chi connectivity index (χ0v) is 30.7. The van der Waals surface area contributed by atoms with Crippen molar-refractivity contribution < 1.29 is 70.1 Å². The van der Waals surface area contributed by atoms with E-state index in [1.54, 1.807) is 30.4 Å². The molecular formula is C39H60O14. The maximum Gasteiger partial charge on any atom is 0.311 e. The van der Waals surface area contributed by atoms with Crippen LogP contribution in [-0.4, -0.2) is 130 Å². The number of fused-ring (bicyclic) bond motifs is 4. The van der Waals surface area contributed by atoms with Gasteiger partial charge in [-0.2, -0.15) is 0 Å². The molecule has 3 rings (SSSR count). The van der Waals surface area contributed by atoms with Crippen LogP contribution in [0.1, 0.15) is 72.1 Å². The average molecular weight is 753 g/mol. The number of carboxylic acids is 1. The number of aliphatic carboxylic acids is 1. The van der Waals surface area contributed by atoms with E-state index in [0.29, 0.717) is 0 Å². The molecule has 0 spiro atoms. The standard InChI is InChI=1S/C39H60O14/c1-24-14-12-10-8-6-4-5-7-9-11-13-15-27(40)20-34-35(37(47)48)33(46)23-38(49,52-34)22-32(45)31(44)17-16-28(41)18-29(42)19-30(43)21-39(50)51-26(3)25(2)36(24)53-39/h4-15,24-36,40-46,49-50H,16-23H2,1-3H3,(H,47,48)/t24-,25+,26+,27-,28+,29+,30+,31+,32+,33-,34?,35+,36?,38+,39+/m0/s1. The third-order valence-corrected chi connectivity index (χ3v) is 10.0. The third-order valence-electron chi connectivity index (χ3n) is 10.0. The van der Waals surface area contributed by atoms with Crippen molar-refractivity contribution in [2.75, 3.05) is 0 Å². The summed E-state index contributed by atoms with van der Waals surface area (Å²) in [6.07, 6.45) is 6.78. The largest absolute Gasteiger partial charge is 0.481 e. The molecule has 2 fully saturated rings. The third kappa shape index (κ3) is 14.5. The molecule has 53 heavy (non-hydrogen) atoms. The van der Waals surface area contributed by atoms with Gasteiger partial charge < -0.3 is 65.3 Å². The van der Waals surface area contributed by atoms with Crippen molar-refractivity contribution in [2.45, 2.75) is 145 Å². The Kier molecular flexibility index (Phi) is 17.7. The van der Waals surface area contributed by atoms with Gasteiger partial charge in [0.15, 0.2) is 5.79 Å². The van der Waals surface area contributed by atoms with Crippen LogP contribution in [0.15, 0.2) is 72.9 Å². The highest BCUT2D eigenvalue weighted by Gasteiger charge is 2.50. The Morgan fingerprint density at radius 2 is 1.15 bits per heavy atom. The van der Waals surface area contributed by atoms with Gasteiger partial charge in [0.2, 0.25) is 0 Å². The van der Waals surface area contributed by atoms with Crippen molar-refractivity contribution >= 4 is 5.97 Å². The van der Waals surface area contributed by atoms with Crippen LogP contribution >= 0.6 is 0 Å². The number of aliphatic hydroxyl groups excluding tert-OH is 7. The Bertz CT molecular complexity index is 1310. The molecule has 0 aromatic carbocycles. The summed E-state index contributed by atoms with van der Waals surface area (Å²) in [7, 11) is 0. The van der Waals surface area contributed by atoms with Gasteiger partial charge in [0.05, 0.1) is 67.5 Å². The van der Waals surface area contributed by atoms with Gasteiger partial charge in [-0.25, -0.2) is 0 Å². The topological polar surface area (TPSA) is 247 Å². The van der Waals surface area contributed by atoms with Gasteiger partial charge in [0.1, 0.15) is 5.92 Å². The normalized spacial score (nSPS) is 43.4. The average Bonchev–Trinajstić information content (AvgIpc) is 3.04. The van der Waals surface area contributed by atoms with Crippen molar-refractivity contribution in [1.82, 2.24) is 0 Å². The Morgan fingerprint density at radius 3 is 1.75 bits per heavy atom. The van der Waals surface area contributed by atoms with E-state index in [1.165, 1.54) is 6.08 Å². The minimum atomic E-state index is -2.24. The van der Waals surface area contributed by atoms with Crippen molar-refractivity contribution in [2.24, 2.45) is 17.8 Å². The molecule has 3 aliphatic rings. The fourth-order valence-corrected chi connectivity index (χ4v) is 7.06. The molecular weight excluding hydrogens is 692 g/mol. The van der Waals surface area contributed by atoms with Crippen LogP contribution < -0.4 is 0 Å². The maximum absolute atomic E-state index is 12.0. The summed E-state index contributed by atoms with van der Waals surface area (Å²) < 4.78 is 17.4. The number of carbonyl (C=O) groups is 1. The number of carboxylic acid groups (broad SMARTS) is 1. The number of hydrogen-bond donors (Lipinski definition) is 10. The maximum atomic E-state index is 12.0. The second kappa shape index (κ2) is 20.9. The van der Waals surface area contributed by atoms with E-state index in [1.807, 2.05) is 57.2 Å². The van der Waals surface area contributed by atoms with Crippen LogP contribution in [0.3, 0.4) is 0 Å². The van der Waals surface area contributed by atoms with Crippen LogP contribution in [0.25, 0.3) is 0 Å². The predicted molar refractivity (Wildman–Crippen MR) is 193 cm³/mol. The molecule has 4 bridgehead atoms. The highest BCUT2D eigenvalue weighted by atomic mass is 16.8.